The second kappa shape index (κ2) is 14.1. The number of hydrogen-bond acceptors (Lipinski definition) is 12. The average Bonchev–Trinajstić information content (AvgIpc) is 2.99. The Morgan fingerprint density at radius 1 is 0.643 bits per heavy atom. The standard InChI is InChI=1S/C30H38O12/c1-3-5-15-7-9-20(40-30-28(38)26(36)24(34)22(14-32)42-30)18(11-15)16-8-10-19(17(12-16)6-4-2)39-29-27(37)25(35)23(33)21(13-31)41-29/h3-4,7-12,21-38H,1-2,5-6,13-14H2/t21-,22-,23-,24-,25+,26+,27-,28-,29-,30-/m1/s1. The van der Waals surface area contributed by atoms with Crippen LogP contribution in [0.5, 0.6) is 11.5 Å². The van der Waals surface area contributed by atoms with Crippen LogP contribution in [0, 0.1) is 0 Å². The number of benzene rings is 2. The number of ether oxygens (including phenoxy) is 4. The van der Waals surface area contributed by atoms with Crippen LogP contribution in [0.4, 0.5) is 0 Å². The third kappa shape index (κ3) is 6.68. The number of allylic oxidation sites excluding steroid dienone is 2. The van der Waals surface area contributed by atoms with E-state index >= 15 is 0 Å². The molecule has 0 unspecified atom stereocenters. The zero-order chi connectivity index (χ0) is 30.6. The molecule has 2 heterocycles. The second-order valence-electron chi connectivity index (χ2n) is 10.3. The molecule has 2 aliphatic rings. The molecule has 2 aromatic carbocycles. The molecule has 230 valence electrons. The van der Waals surface area contributed by atoms with E-state index in [1.165, 1.54) is 0 Å². The Hall–Kier alpha value is -2.88. The highest BCUT2D eigenvalue weighted by Gasteiger charge is 2.46. The van der Waals surface area contributed by atoms with E-state index in [1.807, 2.05) is 6.07 Å². The summed E-state index contributed by atoms with van der Waals surface area (Å²) in [6.45, 7) is 6.38. The molecule has 2 aromatic rings. The van der Waals surface area contributed by atoms with Gasteiger partial charge in [-0.3, -0.25) is 0 Å². The van der Waals surface area contributed by atoms with Gasteiger partial charge in [-0.15, -0.1) is 13.2 Å². The molecule has 0 bridgehead atoms. The minimum Gasteiger partial charge on any atom is -0.462 e. The Morgan fingerprint density at radius 3 is 1.69 bits per heavy atom. The first-order valence-corrected chi connectivity index (χ1v) is 13.6. The molecule has 0 aromatic heterocycles. The van der Waals surface area contributed by atoms with Crippen molar-refractivity contribution < 1.29 is 59.8 Å². The summed E-state index contributed by atoms with van der Waals surface area (Å²) in [5.41, 5.74) is 2.75. The summed E-state index contributed by atoms with van der Waals surface area (Å²) in [6, 6.07) is 10.4. The van der Waals surface area contributed by atoms with Gasteiger partial charge in [0.2, 0.25) is 12.6 Å². The predicted molar refractivity (Wildman–Crippen MR) is 148 cm³/mol. The molecule has 2 aliphatic heterocycles. The maximum absolute atomic E-state index is 10.5. The molecule has 0 aliphatic carbocycles. The maximum atomic E-state index is 10.5. The summed E-state index contributed by atoms with van der Waals surface area (Å²) in [5.74, 6) is 0.570. The molecule has 0 spiro atoms. The lowest BCUT2D eigenvalue weighted by Gasteiger charge is -2.40. The van der Waals surface area contributed by atoms with E-state index in [-0.39, 0.29) is 5.75 Å². The van der Waals surface area contributed by atoms with E-state index < -0.39 is 74.6 Å². The molecule has 12 heteroatoms. The smallest absolute Gasteiger partial charge is 0.229 e. The molecule has 2 fully saturated rings. The highest BCUT2D eigenvalue weighted by atomic mass is 16.7. The first-order chi connectivity index (χ1) is 20.1. The van der Waals surface area contributed by atoms with Crippen LogP contribution in [0.25, 0.3) is 11.1 Å². The topological polar surface area (TPSA) is 199 Å². The first kappa shape index (κ1) is 32.0. The molecule has 0 amide bonds. The van der Waals surface area contributed by atoms with Crippen LogP contribution in [-0.2, 0) is 22.3 Å². The van der Waals surface area contributed by atoms with Crippen LogP contribution in [-0.4, -0.2) is 115 Å². The van der Waals surface area contributed by atoms with E-state index in [0.717, 1.165) is 5.56 Å². The monoisotopic (exact) mass is 590 g/mol. The molecule has 8 N–H and O–H groups in total. The van der Waals surface area contributed by atoms with Gasteiger partial charge in [-0.25, -0.2) is 0 Å². The largest absolute Gasteiger partial charge is 0.462 e. The molecule has 2 saturated heterocycles. The van der Waals surface area contributed by atoms with Crippen molar-refractivity contribution in [3.63, 3.8) is 0 Å². The average molecular weight is 591 g/mol. The number of rotatable bonds is 11. The van der Waals surface area contributed by atoms with Crippen LogP contribution < -0.4 is 9.47 Å². The van der Waals surface area contributed by atoms with E-state index in [9.17, 15) is 40.9 Å². The third-order valence-electron chi connectivity index (χ3n) is 7.34. The van der Waals surface area contributed by atoms with Gasteiger partial charge in [-0.05, 0) is 53.8 Å². The van der Waals surface area contributed by atoms with Gasteiger partial charge in [-0.1, -0.05) is 24.3 Å². The summed E-state index contributed by atoms with van der Waals surface area (Å²) in [7, 11) is 0. The van der Waals surface area contributed by atoms with Crippen molar-refractivity contribution in [2.24, 2.45) is 0 Å². The van der Waals surface area contributed by atoms with Gasteiger partial charge in [0.1, 0.15) is 60.3 Å². The van der Waals surface area contributed by atoms with E-state index in [1.54, 1.807) is 42.5 Å². The van der Waals surface area contributed by atoms with Crippen molar-refractivity contribution in [1.82, 2.24) is 0 Å². The van der Waals surface area contributed by atoms with Gasteiger partial charge in [0.25, 0.3) is 0 Å². The van der Waals surface area contributed by atoms with E-state index in [4.69, 9.17) is 18.9 Å². The summed E-state index contributed by atoms with van der Waals surface area (Å²) in [6.07, 6.45) is -10.3. The Labute approximate surface area is 242 Å². The van der Waals surface area contributed by atoms with Crippen molar-refractivity contribution in [1.29, 1.82) is 0 Å². The number of aliphatic hydroxyl groups is 8. The minimum absolute atomic E-state index is 0.277. The van der Waals surface area contributed by atoms with E-state index in [2.05, 4.69) is 13.2 Å². The Morgan fingerprint density at radius 2 is 1.17 bits per heavy atom. The fourth-order valence-electron chi connectivity index (χ4n) is 4.96. The molecular formula is C30H38O12. The van der Waals surface area contributed by atoms with Crippen LogP contribution in [0.2, 0.25) is 0 Å². The lowest BCUT2D eigenvalue weighted by Crippen LogP contribution is -2.60. The van der Waals surface area contributed by atoms with Crippen molar-refractivity contribution in [2.45, 2.75) is 74.3 Å². The van der Waals surface area contributed by atoms with Crippen LogP contribution >= 0.6 is 0 Å². The zero-order valence-electron chi connectivity index (χ0n) is 22.8. The van der Waals surface area contributed by atoms with Crippen molar-refractivity contribution in [3.05, 3.63) is 72.8 Å². The summed E-state index contributed by atoms with van der Waals surface area (Å²) >= 11 is 0. The van der Waals surface area contributed by atoms with Gasteiger partial charge in [0, 0.05) is 5.56 Å². The molecule has 42 heavy (non-hydrogen) atoms. The van der Waals surface area contributed by atoms with E-state index in [0.29, 0.717) is 35.3 Å². The number of aliphatic hydroxyl groups excluding tert-OH is 8. The van der Waals surface area contributed by atoms with Gasteiger partial charge >= 0.3 is 0 Å². The molecule has 0 saturated carbocycles. The first-order valence-electron chi connectivity index (χ1n) is 13.6. The Kier molecular flexibility index (Phi) is 10.7. The van der Waals surface area contributed by atoms with Gasteiger partial charge in [0.15, 0.2) is 0 Å². The van der Waals surface area contributed by atoms with Crippen LogP contribution in [0.15, 0.2) is 61.7 Å². The van der Waals surface area contributed by atoms with Crippen molar-refractivity contribution in [3.8, 4) is 22.6 Å². The Bertz CT molecular complexity index is 1220. The highest BCUT2D eigenvalue weighted by Crippen LogP contribution is 2.37. The minimum atomic E-state index is -1.61. The van der Waals surface area contributed by atoms with Crippen LogP contribution in [0.3, 0.4) is 0 Å². The van der Waals surface area contributed by atoms with Crippen LogP contribution in [0.1, 0.15) is 11.1 Å². The fourth-order valence-corrected chi connectivity index (χ4v) is 4.96. The highest BCUT2D eigenvalue weighted by molar-refractivity contribution is 5.73. The summed E-state index contributed by atoms with van der Waals surface area (Å²) < 4.78 is 22.9. The summed E-state index contributed by atoms with van der Waals surface area (Å²) in [4.78, 5) is 0. The lowest BCUT2D eigenvalue weighted by molar-refractivity contribution is -0.277. The SMILES string of the molecule is C=CCc1ccc(O[C@@H]2O[C@H](CO)[C@@H](O)[C@H](O)[C@H]2O)c(-c2ccc(O[C@@H]3O[C@H](CO)[C@@H](O)[C@H](O)[C@H]3O)c(CC=C)c2)c1. The third-order valence-corrected chi connectivity index (χ3v) is 7.34. The molecule has 12 nitrogen and oxygen atoms in total. The van der Waals surface area contributed by atoms with Crippen molar-refractivity contribution in [2.75, 3.05) is 13.2 Å². The molecule has 0 radical (unpaired) electrons. The summed E-state index contributed by atoms with van der Waals surface area (Å²) in [5, 5.41) is 80.6. The normalized spacial score (nSPS) is 33.1. The maximum Gasteiger partial charge on any atom is 0.229 e. The predicted octanol–water partition coefficient (Wildman–Crippen LogP) is -0.832. The quantitative estimate of drug-likeness (QED) is 0.151. The van der Waals surface area contributed by atoms with Gasteiger partial charge in [-0.2, -0.15) is 0 Å². The zero-order valence-corrected chi connectivity index (χ0v) is 22.8. The second-order valence-corrected chi connectivity index (χ2v) is 10.3. The lowest BCUT2D eigenvalue weighted by atomic mass is 9.96. The van der Waals surface area contributed by atoms with Gasteiger partial charge < -0.3 is 59.8 Å². The molecule has 10 atom stereocenters. The fraction of sp³-hybridized carbons (Fsp3) is 0.467. The van der Waals surface area contributed by atoms with Gasteiger partial charge in [0.05, 0.1) is 13.2 Å². The Balaban J connectivity index is 1.67. The molecular weight excluding hydrogens is 552 g/mol. The number of hydrogen-bond donors (Lipinski definition) is 8. The molecule has 4 rings (SSSR count). The van der Waals surface area contributed by atoms with Crippen molar-refractivity contribution >= 4 is 0 Å².